The molecule has 3 fully saturated rings. The molecule has 9 rings (SSSR count). The Morgan fingerprint density at radius 1 is 0.914 bits per heavy atom. The number of pyridine rings is 1. The van der Waals surface area contributed by atoms with Crippen LogP contribution in [0, 0.1) is 16.0 Å². The van der Waals surface area contributed by atoms with Crippen molar-refractivity contribution in [2.45, 2.75) is 80.7 Å². The standard InChI is InChI=1S/C53H60N8O8S/c1-53(64)23-18-35(19-24-53)32-55-46-17-15-42(31-48(46)61(65)66)70(67,68)57-52(63)45-16-12-38(30-49(45)69-41-29-39-20-25-54-51(39)56-33-41)36-10-13-40(14-11-36)60-26-6-9-47(60)44-8-5-4-7-43(44)37-21-27-59(28-22-37)50(62)34-58(2)3/h4-5,7-8,10-17,20,25,29-31,33,35,37,47,55,64H,6,9,18-19,21-24,26-28,32,34H2,1-3H3,(H,54,56)(H,57,63)/t35?,47-,53?/m1/s1. The largest absolute Gasteiger partial charge is 0.455 e. The summed E-state index contributed by atoms with van der Waals surface area (Å²) in [5, 5.41) is 26.4. The summed E-state index contributed by atoms with van der Waals surface area (Å²) in [6, 6.07) is 29.2. The lowest BCUT2D eigenvalue weighted by Gasteiger charge is -2.35. The van der Waals surface area contributed by atoms with Crippen LogP contribution >= 0.6 is 0 Å². The average Bonchev–Trinajstić information content (AvgIpc) is 4.04. The van der Waals surface area contributed by atoms with Crippen LogP contribution in [-0.4, -0.2) is 102 Å². The quantitative estimate of drug-likeness (QED) is 0.0563. The topological polar surface area (TPSA) is 203 Å². The van der Waals surface area contributed by atoms with Gasteiger partial charge in [0.25, 0.3) is 21.6 Å². The summed E-state index contributed by atoms with van der Waals surface area (Å²) >= 11 is 0. The summed E-state index contributed by atoms with van der Waals surface area (Å²) < 4.78 is 36.0. The molecule has 2 saturated heterocycles. The second-order valence-electron chi connectivity index (χ2n) is 19.5. The number of nitro groups is 1. The van der Waals surface area contributed by atoms with E-state index in [0.29, 0.717) is 48.8 Å². The van der Waals surface area contributed by atoms with E-state index in [1.54, 1.807) is 31.3 Å². The van der Waals surface area contributed by atoms with Gasteiger partial charge in [-0.1, -0.05) is 42.5 Å². The number of likely N-dealkylation sites (N-methyl/N-ethyl adjacent to an activating group) is 1. The van der Waals surface area contributed by atoms with Gasteiger partial charge in [-0.2, -0.15) is 0 Å². The summed E-state index contributed by atoms with van der Waals surface area (Å²) in [7, 11) is -0.766. The number of carbonyl (C=O) groups excluding carboxylic acids is 2. The Labute approximate surface area is 408 Å². The minimum Gasteiger partial charge on any atom is -0.455 e. The van der Waals surface area contributed by atoms with Gasteiger partial charge in [0.05, 0.1) is 39.8 Å². The average molecular weight is 969 g/mol. The highest BCUT2D eigenvalue weighted by molar-refractivity contribution is 7.90. The number of likely N-dealkylation sites (tertiary alicyclic amines) is 1. The molecule has 366 valence electrons. The van der Waals surface area contributed by atoms with Crippen LogP contribution < -0.4 is 19.7 Å². The van der Waals surface area contributed by atoms with E-state index >= 15 is 0 Å². The van der Waals surface area contributed by atoms with Crippen LogP contribution in [0.1, 0.15) is 91.7 Å². The summed E-state index contributed by atoms with van der Waals surface area (Å²) in [5.41, 5.74) is 4.88. The first kappa shape index (κ1) is 48.2. The number of piperidine rings is 1. The van der Waals surface area contributed by atoms with E-state index < -0.39 is 37.0 Å². The minimum absolute atomic E-state index is 0.0739. The number of ether oxygens (including phenoxy) is 1. The Morgan fingerprint density at radius 2 is 1.64 bits per heavy atom. The molecule has 3 aliphatic rings. The SMILES string of the molecule is CN(C)CC(=O)N1CCC(c2ccccc2[C@H]2CCCN2c2ccc(-c3ccc(C(=O)NS(=O)(=O)c4ccc(NCC5CCC(C)(O)CC5)c([N+](=O)[O-])c4)c(Oc4cnc5[nH]ccc5c4)c3)cc2)CC1. The van der Waals surface area contributed by atoms with Gasteiger partial charge in [-0.15, -0.1) is 0 Å². The lowest BCUT2D eigenvalue weighted by atomic mass is 9.80. The van der Waals surface area contributed by atoms with Gasteiger partial charge in [-0.05, 0) is 155 Å². The molecule has 1 saturated carbocycles. The molecule has 0 bridgehead atoms. The zero-order valence-corrected chi connectivity index (χ0v) is 40.6. The third kappa shape index (κ3) is 10.8. The van der Waals surface area contributed by atoms with Crippen LogP contribution in [0.5, 0.6) is 11.5 Å². The minimum atomic E-state index is -4.61. The van der Waals surface area contributed by atoms with Gasteiger partial charge in [0.2, 0.25) is 5.91 Å². The van der Waals surface area contributed by atoms with Gasteiger partial charge >= 0.3 is 0 Å². The maximum absolute atomic E-state index is 14.0. The first-order valence-electron chi connectivity index (χ1n) is 24.1. The van der Waals surface area contributed by atoms with E-state index in [0.717, 1.165) is 80.9 Å². The second-order valence-corrected chi connectivity index (χ2v) is 21.2. The predicted octanol–water partition coefficient (Wildman–Crippen LogP) is 9.01. The number of hydrogen-bond acceptors (Lipinski definition) is 12. The zero-order valence-electron chi connectivity index (χ0n) is 39.8. The van der Waals surface area contributed by atoms with Crippen LogP contribution in [0.2, 0.25) is 0 Å². The molecule has 0 unspecified atom stereocenters. The molecule has 2 aromatic heterocycles. The van der Waals surface area contributed by atoms with Crippen molar-refractivity contribution < 1.29 is 32.8 Å². The monoisotopic (exact) mass is 968 g/mol. The molecule has 4 N–H and O–H groups in total. The zero-order chi connectivity index (χ0) is 49.2. The summed E-state index contributed by atoms with van der Waals surface area (Å²) in [5.74, 6) is 0.142. The number of anilines is 2. The molecule has 1 atom stereocenters. The molecule has 0 spiro atoms. The summed E-state index contributed by atoms with van der Waals surface area (Å²) in [6.45, 7) is 5.06. The molecule has 17 heteroatoms. The van der Waals surface area contributed by atoms with E-state index in [9.17, 15) is 33.2 Å². The number of nitro benzene ring substituents is 1. The van der Waals surface area contributed by atoms with Crippen molar-refractivity contribution in [2.24, 2.45) is 5.92 Å². The number of aliphatic hydroxyl groups is 1. The van der Waals surface area contributed by atoms with Gasteiger partial charge < -0.3 is 34.8 Å². The fourth-order valence-electron chi connectivity index (χ4n) is 10.3. The molecule has 6 aromatic rings. The lowest BCUT2D eigenvalue weighted by Crippen LogP contribution is -2.42. The van der Waals surface area contributed by atoms with Gasteiger partial charge in [0.1, 0.15) is 22.8 Å². The number of sulfonamides is 1. The molecule has 2 amide bonds. The Morgan fingerprint density at radius 3 is 2.37 bits per heavy atom. The van der Waals surface area contributed by atoms with Gasteiger partial charge in [0, 0.05) is 49.5 Å². The maximum Gasteiger partial charge on any atom is 0.293 e. The number of carbonyl (C=O) groups is 2. The molecule has 1 aliphatic carbocycles. The highest BCUT2D eigenvalue weighted by Gasteiger charge is 2.33. The Kier molecular flexibility index (Phi) is 14.0. The number of amides is 2. The normalized spacial score (nSPS) is 19.9. The second kappa shape index (κ2) is 20.3. The van der Waals surface area contributed by atoms with Crippen molar-refractivity contribution in [3.63, 3.8) is 0 Å². The van der Waals surface area contributed by atoms with Crippen LogP contribution in [0.4, 0.5) is 17.1 Å². The fourth-order valence-corrected chi connectivity index (χ4v) is 11.3. The molecule has 2 aliphatic heterocycles. The van der Waals surface area contributed by atoms with Crippen molar-refractivity contribution in [1.29, 1.82) is 0 Å². The van der Waals surface area contributed by atoms with E-state index in [1.165, 1.54) is 35.5 Å². The number of rotatable bonds is 15. The highest BCUT2D eigenvalue weighted by atomic mass is 32.2. The summed E-state index contributed by atoms with van der Waals surface area (Å²) in [6.07, 6.45) is 9.95. The van der Waals surface area contributed by atoms with E-state index in [2.05, 4.69) is 61.3 Å². The summed E-state index contributed by atoms with van der Waals surface area (Å²) in [4.78, 5) is 51.8. The van der Waals surface area contributed by atoms with Crippen LogP contribution in [0.15, 0.2) is 114 Å². The van der Waals surface area contributed by atoms with E-state index in [4.69, 9.17) is 4.74 Å². The van der Waals surface area contributed by atoms with E-state index in [1.807, 2.05) is 42.1 Å². The van der Waals surface area contributed by atoms with Gasteiger partial charge in [-0.25, -0.2) is 18.1 Å². The fraction of sp³-hybridized carbons (Fsp3) is 0.377. The number of nitrogens with zero attached hydrogens (tertiary/aromatic N) is 5. The van der Waals surface area contributed by atoms with Crippen LogP contribution in [-0.2, 0) is 14.8 Å². The van der Waals surface area contributed by atoms with Crippen molar-refractivity contribution >= 4 is 49.9 Å². The van der Waals surface area contributed by atoms with Gasteiger partial charge in [-0.3, -0.25) is 19.7 Å². The number of H-pyrrole nitrogens is 1. The van der Waals surface area contributed by atoms with Crippen molar-refractivity contribution in [3.8, 4) is 22.6 Å². The molecule has 0 radical (unpaired) electrons. The van der Waals surface area contributed by atoms with Crippen LogP contribution in [0.3, 0.4) is 0 Å². The predicted molar refractivity (Wildman–Crippen MR) is 270 cm³/mol. The number of fused-ring (bicyclic) bond motifs is 1. The number of hydrogen-bond donors (Lipinski definition) is 4. The maximum atomic E-state index is 14.0. The molecule has 70 heavy (non-hydrogen) atoms. The highest BCUT2D eigenvalue weighted by Crippen LogP contribution is 2.42. The Bertz CT molecular complexity index is 2990. The number of aromatic amines is 1. The van der Waals surface area contributed by atoms with E-state index in [-0.39, 0.29) is 34.9 Å². The molecular formula is C53H60N8O8S. The Hall–Kier alpha value is -6.82. The molecule has 4 aromatic carbocycles. The van der Waals surface area contributed by atoms with Crippen molar-refractivity contribution in [3.05, 3.63) is 136 Å². The third-order valence-corrected chi connectivity index (χ3v) is 15.5. The first-order valence-corrected chi connectivity index (χ1v) is 25.5. The molecule has 4 heterocycles. The molecular weight excluding hydrogens is 909 g/mol. The van der Waals surface area contributed by atoms with Crippen molar-refractivity contribution in [1.82, 2.24) is 24.5 Å². The van der Waals surface area contributed by atoms with Gasteiger partial charge in [0.15, 0.2) is 0 Å². The Balaban J connectivity index is 0.937. The first-order chi connectivity index (χ1) is 33.6. The van der Waals surface area contributed by atoms with Crippen LogP contribution in [0.25, 0.3) is 22.2 Å². The number of nitrogens with one attached hydrogen (secondary N) is 3. The molecule has 16 nitrogen and oxygen atoms in total. The lowest BCUT2D eigenvalue weighted by molar-refractivity contribution is -0.384. The smallest absolute Gasteiger partial charge is 0.293 e. The number of benzene rings is 4. The third-order valence-electron chi connectivity index (χ3n) is 14.2. The number of aromatic nitrogens is 2. The van der Waals surface area contributed by atoms with Crippen molar-refractivity contribution in [2.75, 3.05) is 57.0 Å².